The molecule has 0 unspecified atom stereocenters. The van der Waals surface area contributed by atoms with Crippen molar-refractivity contribution in [3.8, 4) is 0 Å². The minimum absolute atomic E-state index is 0.177. The Kier molecular flexibility index (Phi) is 5.12. The third-order valence-corrected chi connectivity index (χ3v) is 4.78. The molecule has 25 heavy (non-hydrogen) atoms. The van der Waals surface area contributed by atoms with Crippen molar-refractivity contribution in [1.82, 2.24) is 15.3 Å². The summed E-state index contributed by atoms with van der Waals surface area (Å²) in [5.41, 5.74) is 0.120. The van der Waals surface area contributed by atoms with Gasteiger partial charge in [-0.05, 0) is 29.8 Å². The number of nitrogens with one attached hydrogen (secondary N) is 1. The SMILES string of the molecule is O=C(NCc1ccncc1)[C@@H]1CSCN1c1ccc(C(F)(F)F)cn1. The van der Waals surface area contributed by atoms with Crippen molar-refractivity contribution in [3.63, 3.8) is 0 Å². The minimum atomic E-state index is -4.42. The van der Waals surface area contributed by atoms with E-state index in [-0.39, 0.29) is 5.91 Å². The number of carbonyl (C=O) groups is 1. The number of hydrogen-bond acceptors (Lipinski definition) is 5. The van der Waals surface area contributed by atoms with Gasteiger partial charge in [-0.1, -0.05) is 0 Å². The highest BCUT2D eigenvalue weighted by Gasteiger charge is 2.34. The summed E-state index contributed by atoms with van der Waals surface area (Å²) in [6.45, 7) is 0.372. The van der Waals surface area contributed by atoms with Crippen molar-refractivity contribution in [3.05, 3.63) is 54.0 Å². The lowest BCUT2D eigenvalue weighted by Crippen LogP contribution is -2.45. The Labute approximate surface area is 146 Å². The van der Waals surface area contributed by atoms with Crippen molar-refractivity contribution in [2.45, 2.75) is 18.8 Å². The Balaban J connectivity index is 1.66. The molecule has 0 aliphatic carbocycles. The molecule has 0 bridgehead atoms. The first-order valence-electron chi connectivity index (χ1n) is 7.49. The second kappa shape index (κ2) is 7.30. The Morgan fingerprint density at radius 2 is 2.04 bits per heavy atom. The second-order valence-electron chi connectivity index (χ2n) is 5.46. The molecule has 1 saturated heterocycles. The van der Waals surface area contributed by atoms with Gasteiger partial charge in [0.15, 0.2) is 0 Å². The first kappa shape index (κ1) is 17.5. The number of pyridine rings is 2. The molecule has 9 heteroatoms. The number of carbonyl (C=O) groups excluding carboxylic acids is 1. The number of amides is 1. The van der Waals surface area contributed by atoms with Crippen molar-refractivity contribution in [1.29, 1.82) is 0 Å². The fourth-order valence-corrected chi connectivity index (χ4v) is 3.59. The smallest absolute Gasteiger partial charge is 0.350 e. The van der Waals surface area contributed by atoms with Crippen LogP contribution < -0.4 is 10.2 Å². The van der Waals surface area contributed by atoms with Gasteiger partial charge in [0.05, 0.1) is 11.4 Å². The highest BCUT2D eigenvalue weighted by atomic mass is 32.2. The van der Waals surface area contributed by atoms with Crippen LogP contribution in [-0.2, 0) is 17.5 Å². The zero-order chi connectivity index (χ0) is 17.9. The monoisotopic (exact) mass is 368 g/mol. The number of nitrogens with zero attached hydrogens (tertiary/aromatic N) is 3. The molecule has 2 aromatic heterocycles. The summed E-state index contributed by atoms with van der Waals surface area (Å²) >= 11 is 1.54. The summed E-state index contributed by atoms with van der Waals surface area (Å²) in [7, 11) is 0. The van der Waals surface area contributed by atoms with Crippen LogP contribution in [-0.4, -0.2) is 33.5 Å². The molecule has 1 atom stereocenters. The first-order chi connectivity index (χ1) is 11.9. The summed E-state index contributed by atoms with van der Waals surface area (Å²) < 4.78 is 37.9. The predicted molar refractivity (Wildman–Crippen MR) is 88.9 cm³/mol. The van der Waals surface area contributed by atoms with E-state index in [2.05, 4.69) is 15.3 Å². The summed E-state index contributed by atoms with van der Waals surface area (Å²) in [5, 5.41) is 2.85. The van der Waals surface area contributed by atoms with Gasteiger partial charge < -0.3 is 10.2 Å². The van der Waals surface area contributed by atoms with E-state index < -0.39 is 17.8 Å². The van der Waals surface area contributed by atoms with Crippen LogP contribution in [0.5, 0.6) is 0 Å². The average Bonchev–Trinajstić information content (AvgIpc) is 3.10. The number of halogens is 3. The van der Waals surface area contributed by atoms with Crippen LogP contribution in [0.3, 0.4) is 0 Å². The lowest BCUT2D eigenvalue weighted by Gasteiger charge is -2.24. The lowest BCUT2D eigenvalue weighted by atomic mass is 10.2. The Morgan fingerprint density at radius 3 is 2.68 bits per heavy atom. The number of aromatic nitrogens is 2. The van der Waals surface area contributed by atoms with Crippen LogP contribution in [0.4, 0.5) is 19.0 Å². The maximum Gasteiger partial charge on any atom is 0.417 e. The average molecular weight is 368 g/mol. The first-order valence-corrected chi connectivity index (χ1v) is 8.65. The van der Waals surface area contributed by atoms with Crippen LogP contribution in [0.1, 0.15) is 11.1 Å². The zero-order valence-electron chi connectivity index (χ0n) is 13.0. The molecule has 1 aliphatic heterocycles. The maximum absolute atomic E-state index is 12.6. The molecule has 0 radical (unpaired) electrons. The van der Waals surface area contributed by atoms with Crippen molar-refractivity contribution < 1.29 is 18.0 Å². The topological polar surface area (TPSA) is 58.1 Å². The van der Waals surface area contributed by atoms with Crippen molar-refractivity contribution in [2.75, 3.05) is 16.5 Å². The van der Waals surface area contributed by atoms with Gasteiger partial charge in [0.25, 0.3) is 0 Å². The molecule has 5 nitrogen and oxygen atoms in total. The van der Waals surface area contributed by atoms with Gasteiger partial charge in [0.1, 0.15) is 11.9 Å². The Hall–Kier alpha value is -2.29. The molecule has 1 aliphatic rings. The zero-order valence-corrected chi connectivity index (χ0v) is 13.8. The van der Waals surface area contributed by atoms with E-state index in [4.69, 9.17) is 0 Å². The molecule has 0 aromatic carbocycles. The molecule has 1 amide bonds. The second-order valence-corrected chi connectivity index (χ2v) is 6.46. The van der Waals surface area contributed by atoms with Gasteiger partial charge in [-0.3, -0.25) is 9.78 Å². The van der Waals surface area contributed by atoms with E-state index in [1.807, 2.05) is 0 Å². The standard InChI is InChI=1S/C16H15F3N4OS/c17-16(18,19)12-1-2-14(21-8-12)23-10-25-9-13(23)15(24)22-7-11-3-5-20-6-4-11/h1-6,8,13H,7,9-10H2,(H,22,24)/t13-/m0/s1. The van der Waals surface area contributed by atoms with Crippen molar-refractivity contribution in [2.24, 2.45) is 0 Å². The normalized spacial score (nSPS) is 17.6. The minimum Gasteiger partial charge on any atom is -0.350 e. The number of alkyl halides is 3. The molecule has 3 heterocycles. The van der Waals surface area contributed by atoms with Gasteiger partial charge in [-0.15, -0.1) is 11.8 Å². The molecule has 3 rings (SSSR count). The van der Waals surface area contributed by atoms with E-state index in [1.165, 1.54) is 17.8 Å². The van der Waals surface area contributed by atoms with Gasteiger partial charge in [-0.25, -0.2) is 4.98 Å². The number of rotatable bonds is 4. The van der Waals surface area contributed by atoms with Crippen LogP contribution in [0.2, 0.25) is 0 Å². The van der Waals surface area contributed by atoms with Gasteiger partial charge in [-0.2, -0.15) is 13.2 Å². The van der Waals surface area contributed by atoms with E-state index >= 15 is 0 Å². The van der Waals surface area contributed by atoms with E-state index in [0.717, 1.165) is 17.8 Å². The summed E-state index contributed by atoms with van der Waals surface area (Å²) in [5.74, 6) is 1.25. The summed E-state index contributed by atoms with van der Waals surface area (Å²) in [4.78, 5) is 21.9. The molecule has 132 valence electrons. The van der Waals surface area contributed by atoms with Gasteiger partial charge in [0.2, 0.25) is 5.91 Å². The number of hydrogen-bond donors (Lipinski definition) is 1. The lowest BCUT2D eigenvalue weighted by molar-refractivity contribution is -0.137. The largest absolute Gasteiger partial charge is 0.417 e. The highest BCUT2D eigenvalue weighted by molar-refractivity contribution is 7.99. The maximum atomic E-state index is 12.6. The highest BCUT2D eigenvalue weighted by Crippen LogP contribution is 2.31. The predicted octanol–water partition coefficient (Wildman–Crippen LogP) is 2.69. The summed E-state index contributed by atoms with van der Waals surface area (Å²) in [6, 6.07) is 5.43. The third-order valence-electron chi connectivity index (χ3n) is 3.77. The quantitative estimate of drug-likeness (QED) is 0.899. The van der Waals surface area contributed by atoms with E-state index in [0.29, 0.717) is 24.0 Å². The molecule has 0 spiro atoms. The number of anilines is 1. The van der Waals surface area contributed by atoms with Crippen LogP contribution in [0.25, 0.3) is 0 Å². The Morgan fingerprint density at radius 1 is 1.28 bits per heavy atom. The fraction of sp³-hybridized carbons (Fsp3) is 0.312. The van der Waals surface area contributed by atoms with E-state index in [1.54, 1.807) is 29.4 Å². The van der Waals surface area contributed by atoms with Crippen LogP contribution >= 0.6 is 11.8 Å². The molecular weight excluding hydrogens is 353 g/mol. The van der Waals surface area contributed by atoms with Gasteiger partial charge in [0, 0.05) is 30.9 Å². The summed E-state index contributed by atoms with van der Waals surface area (Å²) in [6.07, 6.45) is -0.340. The molecule has 2 aromatic rings. The molecule has 1 N–H and O–H groups in total. The molecular formula is C16H15F3N4OS. The Bertz CT molecular complexity index is 724. The molecule has 0 saturated carbocycles. The van der Waals surface area contributed by atoms with Gasteiger partial charge >= 0.3 is 6.18 Å². The van der Waals surface area contributed by atoms with E-state index in [9.17, 15) is 18.0 Å². The third kappa shape index (κ3) is 4.22. The van der Waals surface area contributed by atoms with Crippen LogP contribution in [0.15, 0.2) is 42.9 Å². The van der Waals surface area contributed by atoms with Crippen LogP contribution in [0, 0.1) is 0 Å². The fourth-order valence-electron chi connectivity index (χ4n) is 2.42. The number of thioether (sulfide) groups is 1. The molecule has 1 fully saturated rings. The van der Waals surface area contributed by atoms with Crippen molar-refractivity contribution >= 4 is 23.5 Å².